The molecular weight excluding hydrogens is 513 g/mol. The van der Waals surface area contributed by atoms with Gasteiger partial charge in [0.1, 0.15) is 23.3 Å². The van der Waals surface area contributed by atoms with Crippen LogP contribution in [0.4, 0.5) is 13.2 Å². The van der Waals surface area contributed by atoms with Crippen LogP contribution in [-0.4, -0.2) is 42.5 Å². The number of amides is 1. The van der Waals surface area contributed by atoms with Crippen LogP contribution in [0.3, 0.4) is 0 Å². The van der Waals surface area contributed by atoms with E-state index in [0.717, 1.165) is 28.2 Å². The van der Waals surface area contributed by atoms with E-state index in [1.165, 1.54) is 31.4 Å². The molecule has 0 fully saturated rings. The Morgan fingerprint density at radius 2 is 1.87 bits per heavy atom. The second kappa shape index (κ2) is 10.5. The van der Waals surface area contributed by atoms with E-state index in [2.05, 4.69) is 9.72 Å². The average Bonchev–Trinajstić information content (AvgIpc) is 3.56. The number of aromatic amines is 1. The van der Waals surface area contributed by atoms with Gasteiger partial charge < -0.3 is 23.8 Å². The summed E-state index contributed by atoms with van der Waals surface area (Å²) in [6.07, 6.45) is -3.46. The lowest BCUT2D eigenvalue weighted by Crippen LogP contribution is -2.40. The number of nitrogens with one attached hydrogen (secondary N) is 1. The summed E-state index contributed by atoms with van der Waals surface area (Å²) in [5.74, 6) is 0.484. The molecule has 1 amide bonds. The summed E-state index contributed by atoms with van der Waals surface area (Å²) in [5, 5.41) is 0.946. The van der Waals surface area contributed by atoms with Gasteiger partial charge in [0.05, 0.1) is 25.5 Å². The number of alkyl halides is 3. The number of H-pyrrole nitrogens is 1. The van der Waals surface area contributed by atoms with Gasteiger partial charge in [0, 0.05) is 35.9 Å². The number of hydrogen-bond acceptors (Lipinski definition) is 5. The molecule has 0 bridgehead atoms. The van der Waals surface area contributed by atoms with Crippen molar-refractivity contribution in [2.24, 2.45) is 0 Å². The SMILES string of the molecule is COC(=O)CCCC(=O)N1CCc2c([nH]c3ccc(OC)cc23)C1c1ccc(-c2ccccc2C(F)(F)F)o1. The molecule has 5 rings (SSSR count). The zero-order valence-electron chi connectivity index (χ0n) is 21.4. The quantitative estimate of drug-likeness (QED) is 0.279. The van der Waals surface area contributed by atoms with Crippen molar-refractivity contribution in [2.45, 2.75) is 37.9 Å². The standard InChI is InChI=1S/C29H27F3N2O5/c1-37-17-10-11-22-20(16-17)18-14-15-34(25(35)8-5-9-26(36)38-2)28(27(18)33-22)24-13-12-23(39-24)19-6-3-4-7-21(19)29(30,31)32/h3-4,6-7,10-13,16,28,33H,5,8-9,14-15H2,1-2H3. The minimum Gasteiger partial charge on any atom is -0.497 e. The maximum Gasteiger partial charge on any atom is 0.417 e. The number of halogens is 3. The Bertz CT molecular complexity index is 1520. The van der Waals surface area contributed by atoms with Crippen molar-refractivity contribution in [3.8, 4) is 17.1 Å². The first-order chi connectivity index (χ1) is 18.7. The molecule has 4 aromatic rings. The number of ether oxygens (including phenoxy) is 2. The van der Waals surface area contributed by atoms with Crippen molar-refractivity contribution in [3.05, 3.63) is 77.2 Å². The van der Waals surface area contributed by atoms with Crippen LogP contribution in [0.1, 0.15) is 47.9 Å². The zero-order valence-corrected chi connectivity index (χ0v) is 21.4. The fraction of sp³-hybridized carbons (Fsp3) is 0.310. The van der Waals surface area contributed by atoms with Crippen LogP contribution >= 0.6 is 0 Å². The highest BCUT2D eigenvalue weighted by Crippen LogP contribution is 2.43. The molecule has 0 saturated carbocycles. The van der Waals surface area contributed by atoms with E-state index < -0.39 is 23.8 Å². The monoisotopic (exact) mass is 540 g/mol. The summed E-state index contributed by atoms with van der Waals surface area (Å²) < 4.78 is 57.2. The van der Waals surface area contributed by atoms with Gasteiger partial charge in [-0.05, 0) is 54.8 Å². The molecule has 0 spiro atoms. The average molecular weight is 541 g/mol. The number of fused-ring (bicyclic) bond motifs is 3. The first-order valence-electron chi connectivity index (χ1n) is 12.5. The molecule has 0 radical (unpaired) electrons. The molecule has 39 heavy (non-hydrogen) atoms. The van der Waals surface area contributed by atoms with Crippen LogP contribution in [-0.2, 0) is 26.9 Å². The fourth-order valence-electron chi connectivity index (χ4n) is 5.18. The Labute approximate surface area is 222 Å². The third-order valence-electron chi connectivity index (χ3n) is 7.05. The molecule has 7 nitrogen and oxygen atoms in total. The topological polar surface area (TPSA) is 84.8 Å². The summed E-state index contributed by atoms with van der Waals surface area (Å²) >= 11 is 0. The molecule has 2 aromatic carbocycles. The molecule has 1 N–H and O–H groups in total. The van der Waals surface area contributed by atoms with Crippen LogP contribution in [0.25, 0.3) is 22.2 Å². The number of hydrogen-bond donors (Lipinski definition) is 1. The summed E-state index contributed by atoms with van der Waals surface area (Å²) in [5.41, 5.74) is 1.69. The van der Waals surface area contributed by atoms with Crippen LogP contribution in [0.2, 0.25) is 0 Å². The van der Waals surface area contributed by atoms with Crippen LogP contribution < -0.4 is 4.74 Å². The van der Waals surface area contributed by atoms with Crippen molar-refractivity contribution in [2.75, 3.05) is 20.8 Å². The van der Waals surface area contributed by atoms with Gasteiger partial charge in [-0.15, -0.1) is 0 Å². The van der Waals surface area contributed by atoms with Gasteiger partial charge in [-0.3, -0.25) is 9.59 Å². The number of furan rings is 1. The van der Waals surface area contributed by atoms with Crippen molar-refractivity contribution in [3.63, 3.8) is 0 Å². The summed E-state index contributed by atoms with van der Waals surface area (Å²) in [7, 11) is 2.88. The smallest absolute Gasteiger partial charge is 0.417 e. The molecule has 0 aliphatic carbocycles. The number of carbonyl (C=O) groups is 2. The molecule has 0 saturated heterocycles. The molecule has 1 aliphatic heterocycles. The lowest BCUT2D eigenvalue weighted by atomic mass is 9.95. The van der Waals surface area contributed by atoms with Crippen LogP contribution in [0.5, 0.6) is 5.75 Å². The van der Waals surface area contributed by atoms with Crippen LogP contribution in [0, 0.1) is 0 Å². The third-order valence-corrected chi connectivity index (χ3v) is 7.05. The number of aromatic nitrogens is 1. The van der Waals surface area contributed by atoms with Crippen molar-refractivity contribution in [1.82, 2.24) is 9.88 Å². The molecular formula is C29H27F3N2O5. The van der Waals surface area contributed by atoms with E-state index in [0.29, 0.717) is 30.9 Å². The van der Waals surface area contributed by atoms with Gasteiger partial charge in [-0.25, -0.2) is 0 Å². The Kier molecular flexibility index (Phi) is 7.12. The lowest BCUT2D eigenvalue weighted by molar-refractivity contribution is -0.141. The Balaban J connectivity index is 1.56. The Morgan fingerprint density at radius 1 is 1.08 bits per heavy atom. The van der Waals surface area contributed by atoms with E-state index in [1.54, 1.807) is 18.1 Å². The minimum atomic E-state index is -4.56. The van der Waals surface area contributed by atoms with Crippen molar-refractivity contribution >= 4 is 22.8 Å². The third kappa shape index (κ3) is 5.10. The molecule has 2 aromatic heterocycles. The first kappa shape index (κ1) is 26.4. The van der Waals surface area contributed by atoms with Crippen molar-refractivity contribution < 1.29 is 36.7 Å². The molecule has 10 heteroatoms. The highest BCUT2D eigenvalue weighted by molar-refractivity contribution is 5.88. The largest absolute Gasteiger partial charge is 0.497 e. The minimum absolute atomic E-state index is 0.0564. The molecule has 1 atom stereocenters. The van der Waals surface area contributed by atoms with E-state index >= 15 is 0 Å². The van der Waals surface area contributed by atoms with Gasteiger partial charge in [-0.1, -0.05) is 18.2 Å². The van der Waals surface area contributed by atoms with Crippen molar-refractivity contribution in [1.29, 1.82) is 0 Å². The van der Waals surface area contributed by atoms with Gasteiger partial charge in [-0.2, -0.15) is 13.2 Å². The van der Waals surface area contributed by atoms with E-state index in [-0.39, 0.29) is 30.1 Å². The summed E-state index contributed by atoms with van der Waals surface area (Å²) in [6.45, 7) is 0.369. The normalized spacial score (nSPS) is 15.3. The van der Waals surface area contributed by atoms with Gasteiger partial charge in [0.15, 0.2) is 0 Å². The highest BCUT2D eigenvalue weighted by atomic mass is 19.4. The number of benzene rings is 2. The number of methoxy groups -OCH3 is 2. The molecule has 1 unspecified atom stereocenters. The van der Waals surface area contributed by atoms with Gasteiger partial charge in [0.2, 0.25) is 5.91 Å². The number of carbonyl (C=O) groups excluding carboxylic acids is 2. The van der Waals surface area contributed by atoms with E-state index in [1.807, 2.05) is 18.2 Å². The van der Waals surface area contributed by atoms with Crippen LogP contribution in [0.15, 0.2) is 59.0 Å². The summed E-state index contributed by atoms with van der Waals surface area (Å²) in [6, 6.07) is 13.3. The highest BCUT2D eigenvalue weighted by Gasteiger charge is 2.38. The first-order valence-corrected chi connectivity index (χ1v) is 12.5. The Hall–Kier alpha value is -4.21. The number of esters is 1. The predicted molar refractivity (Wildman–Crippen MR) is 137 cm³/mol. The second-order valence-electron chi connectivity index (χ2n) is 9.34. The molecule has 3 heterocycles. The van der Waals surface area contributed by atoms with E-state index in [4.69, 9.17) is 9.15 Å². The van der Waals surface area contributed by atoms with Gasteiger partial charge in [0.25, 0.3) is 0 Å². The predicted octanol–water partition coefficient (Wildman–Crippen LogP) is 6.27. The van der Waals surface area contributed by atoms with E-state index in [9.17, 15) is 22.8 Å². The maximum absolute atomic E-state index is 13.7. The Morgan fingerprint density at radius 3 is 2.62 bits per heavy atom. The summed E-state index contributed by atoms with van der Waals surface area (Å²) in [4.78, 5) is 30.0. The maximum atomic E-state index is 13.7. The number of nitrogens with zero attached hydrogens (tertiary/aromatic N) is 1. The molecule has 1 aliphatic rings. The second-order valence-corrected chi connectivity index (χ2v) is 9.34. The number of rotatable bonds is 7. The lowest BCUT2D eigenvalue weighted by Gasteiger charge is -2.35. The molecule has 204 valence electrons. The fourth-order valence-corrected chi connectivity index (χ4v) is 5.18. The zero-order chi connectivity index (χ0) is 27.7. The van der Waals surface area contributed by atoms with Gasteiger partial charge >= 0.3 is 12.1 Å².